The smallest absolute Gasteiger partial charge is 0.209 e. The molecule has 1 saturated carbocycles. The summed E-state index contributed by atoms with van der Waals surface area (Å²) >= 11 is 1.25. The van der Waals surface area contributed by atoms with Gasteiger partial charge in [0.25, 0.3) is 0 Å². The van der Waals surface area contributed by atoms with Crippen LogP contribution < -0.4 is 0 Å². The van der Waals surface area contributed by atoms with Gasteiger partial charge in [0.1, 0.15) is 5.82 Å². The van der Waals surface area contributed by atoms with E-state index in [2.05, 4.69) is 27.3 Å². The van der Waals surface area contributed by atoms with Gasteiger partial charge in [0, 0.05) is 5.56 Å². The molecule has 2 aromatic carbocycles. The summed E-state index contributed by atoms with van der Waals surface area (Å²) in [5.41, 5.74) is 2.41. The minimum atomic E-state index is -0.357. The molecule has 0 amide bonds. The van der Waals surface area contributed by atoms with Crippen LogP contribution in [-0.2, 0) is 0 Å². The van der Waals surface area contributed by atoms with Gasteiger partial charge < -0.3 is 0 Å². The first-order valence-electron chi connectivity index (χ1n) is 9.64. The standard InChI is InChI=1S/C22H22FN3OS/c23-19-9-5-4-8-18(19)21-24-22(26-25-21)28-14-20(27)17-12-10-16(11-13-17)15-6-2-1-3-7-15/h4-5,8-13,15H,1-3,6-7,14H2,(H,24,25,26). The zero-order valence-corrected chi connectivity index (χ0v) is 16.3. The number of aromatic amines is 1. The summed E-state index contributed by atoms with van der Waals surface area (Å²) in [6.07, 6.45) is 6.43. The van der Waals surface area contributed by atoms with Crippen molar-refractivity contribution < 1.29 is 9.18 Å². The van der Waals surface area contributed by atoms with Gasteiger partial charge in [-0.15, -0.1) is 5.10 Å². The fraction of sp³-hybridized carbons (Fsp3) is 0.318. The number of hydrogen-bond donors (Lipinski definition) is 1. The van der Waals surface area contributed by atoms with Crippen molar-refractivity contribution in [3.63, 3.8) is 0 Å². The predicted octanol–water partition coefficient (Wildman–Crippen LogP) is 5.63. The lowest BCUT2D eigenvalue weighted by Crippen LogP contribution is -2.06. The molecule has 3 aromatic rings. The molecule has 1 aliphatic rings. The van der Waals surface area contributed by atoms with Crippen LogP contribution in [0.15, 0.2) is 53.7 Å². The Kier molecular flexibility index (Phi) is 5.86. The summed E-state index contributed by atoms with van der Waals surface area (Å²) < 4.78 is 13.8. The summed E-state index contributed by atoms with van der Waals surface area (Å²) in [5, 5.41) is 7.26. The number of rotatable bonds is 6. The molecule has 1 aliphatic carbocycles. The van der Waals surface area contributed by atoms with Crippen molar-refractivity contribution in [3.05, 3.63) is 65.5 Å². The minimum Gasteiger partial charge on any atom is -0.293 e. The summed E-state index contributed by atoms with van der Waals surface area (Å²) in [6, 6.07) is 14.4. The quantitative estimate of drug-likeness (QED) is 0.434. The molecule has 6 heteroatoms. The van der Waals surface area contributed by atoms with Gasteiger partial charge in [0.2, 0.25) is 5.16 Å². The molecule has 0 unspecified atom stereocenters. The zero-order valence-electron chi connectivity index (χ0n) is 15.5. The highest BCUT2D eigenvalue weighted by Gasteiger charge is 2.16. The molecule has 1 heterocycles. The molecule has 1 aromatic heterocycles. The average molecular weight is 396 g/mol. The van der Waals surface area contributed by atoms with Crippen LogP contribution in [0.4, 0.5) is 4.39 Å². The third-order valence-electron chi connectivity index (χ3n) is 5.24. The van der Waals surface area contributed by atoms with Gasteiger partial charge >= 0.3 is 0 Å². The molecular weight excluding hydrogens is 373 g/mol. The van der Waals surface area contributed by atoms with Crippen molar-refractivity contribution in [2.24, 2.45) is 0 Å². The van der Waals surface area contributed by atoms with E-state index in [1.807, 2.05) is 12.1 Å². The number of nitrogens with one attached hydrogen (secondary N) is 1. The molecule has 144 valence electrons. The molecular formula is C22H22FN3OS. The molecule has 0 radical (unpaired) electrons. The van der Waals surface area contributed by atoms with E-state index in [1.54, 1.807) is 18.2 Å². The third kappa shape index (κ3) is 4.33. The summed E-state index contributed by atoms with van der Waals surface area (Å²) in [5.74, 6) is 0.932. The van der Waals surface area contributed by atoms with Crippen LogP contribution in [0, 0.1) is 5.82 Å². The van der Waals surface area contributed by atoms with E-state index in [0.717, 1.165) is 0 Å². The maximum atomic E-state index is 13.8. The van der Waals surface area contributed by atoms with Crippen LogP contribution in [0.5, 0.6) is 0 Å². The molecule has 28 heavy (non-hydrogen) atoms. The second-order valence-electron chi connectivity index (χ2n) is 7.12. The number of H-pyrrole nitrogens is 1. The van der Waals surface area contributed by atoms with E-state index in [4.69, 9.17) is 0 Å². The van der Waals surface area contributed by atoms with Crippen molar-refractivity contribution >= 4 is 17.5 Å². The first kappa shape index (κ1) is 18.9. The van der Waals surface area contributed by atoms with E-state index in [0.29, 0.717) is 28.0 Å². The van der Waals surface area contributed by atoms with Crippen LogP contribution in [0.2, 0.25) is 0 Å². The highest BCUT2D eigenvalue weighted by atomic mass is 32.2. The lowest BCUT2D eigenvalue weighted by Gasteiger charge is -2.22. The Balaban J connectivity index is 1.36. The van der Waals surface area contributed by atoms with Gasteiger partial charge in [0.15, 0.2) is 11.6 Å². The number of aromatic nitrogens is 3. The van der Waals surface area contributed by atoms with Crippen molar-refractivity contribution in [1.29, 1.82) is 0 Å². The van der Waals surface area contributed by atoms with E-state index < -0.39 is 0 Å². The highest BCUT2D eigenvalue weighted by molar-refractivity contribution is 7.99. The number of Topliss-reactive ketones (excluding diaryl/α,β-unsaturated/α-hetero) is 1. The number of ketones is 1. The maximum absolute atomic E-state index is 13.8. The molecule has 4 rings (SSSR count). The minimum absolute atomic E-state index is 0.0393. The number of carbonyl (C=O) groups excluding carboxylic acids is 1. The summed E-state index contributed by atoms with van der Waals surface area (Å²) in [7, 11) is 0. The SMILES string of the molecule is O=C(CSc1n[nH]c(-c2ccccc2F)n1)c1ccc(C2CCCCC2)cc1. The third-order valence-corrected chi connectivity index (χ3v) is 6.08. The Morgan fingerprint density at radius 3 is 2.57 bits per heavy atom. The van der Waals surface area contributed by atoms with Gasteiger partial charge in [0.05, 0.1) is 11.3 Å². The van der Waals surface area contributed by atoms with Crippen LogP contribution in [-0.4, -0.2) is 26.7 Å². The van der Waals surface area contributed by atoms with Crippen molar-refractivity contribution in [1.82, 2.24) is 15.2 Å². The molecule has 1 N–H and O–H groups in total. The maximum Gasteiger partial charge on any atom is 0.209 e. The Labute approximate surface area is 168 Å². The number of halogens is 1. The molecule has 0 bridgehead atoms. The fourth-order valence-corrected chi connectivity index (χ4v) is 4.37. The van der Waals surface area contributed by atoms with Crippen LogP contribution >= 0.6 is 11.8 Å². The van der Waals surface area contributed by atoms with Crippen molar-refractivity contribution in [2.75, 3.05) is 5.75 Å². The van der Waals surface area contributed by atoms with Crippen molar-refractivity contribution in [2.45, 2.75) is 43.2 Å². The lowest BCUT2D eigenvalue weighted by molar-refractivity contribution is 0.102. The average Bonchev–Trinajstić information content (AvgIpc) is 3.22. The predicted molar refractivity (Wildman–Crippen MR) is 109 cm³/mol. The van der Waals surface area contributed by atoms with Gasteiger partial charge in [-0.25, -0.2) is 9.37 Å². The Bertz CT molecular complexity index is 948. The van der Waals surface area contributed by atoms with Crippen LogP contribution in [0.25, 0.3) is 11.4 Å². The highest BCUT2D eigenvalue weighted by Crippen LogP contribution is 2.32. The molecule has 0 spiro atoms. The Hall–Kier alpha value is -2.47. The molecule has 4 nitrogen and oxygen atoms in total. The van der Waals surface area contributed by atoms with Gasteiger partial charge in [-0.1, -0.05) is 67.4 Å². The second-order valence-corrected chi connectivity index (χ2v) is 8.06. The monoisotopic (exact) mass is 395 g/mol. The number of nitrogens with zero attached hydrogens (tertiary/aromatic N) is 2. The second kappa shape index (κ2) is 8.69. The Morgan fingerprint density at radius 1 is 1.07 bits per heavy atom. The van der Waals surface area contributed by atoms with Crippen molar-refractivity contribution in [3.8, 4) is 11.4 Å². The number of hydrogen-bond acceptors (Lipinski definition) is 4. The first-order valence-corrected chi connectivity index (χ1v) is 10.6. The van der Waals surface area contributed by atoms with Gasteiger partial charge in [-0.05, 0) is 36.5 Å². The Morgan fingerprint density at radius 2 is 1.82 bits per heavy atom. The lowest BCUT2D eigenvalue weighted by atomic mass is 9.84. The number of thioether (sulfide) groups is 1. The topological polar surface area (TPSA) is 58.6 Å². The molecule has 1 fully saturated rings. The molecule has 0 aliphatic heterocycles. The zero-order chi connectivity index (χ0) is 19.3. The summed E-state index contributed by atoms with van der Waals surface area (Å²) in [4.78, 5) is 16.8. The molecule has 0 atom stereocenters. The van der Waals surface area contributed by atoms with Gasteiger partial charge in [-0.3, -0.25) is 9.89 Å². The molecule has 0 saturated heterocycles. The summed E-state index contributed by atoms with van der Waals surface area (Å²) in [6.45, 7) is 0. The first-order chi connectivity index (χ1) is 13.7. The largest absolute Gasteiger partial charge is 0.293 e. The number of carbonyl (C=O) groups is 1. The van der Waals surface area contributed by atoms with E-state index in [-0.39, 0.29) is 17.4 Å². The van der Waals surface area contributed by atoms with Crippen LogP contribution in [0.3, 0.4) is 0 Å². The van der Waals surface area contributed by atoms with E-state index in [1.165, 1.54) is 55.5 Å². The number of benzene rings is 2. The van der Waals surface area contributed by atoms with E-state index >= 15 is 0 Å². The van der Waals surface area contributed by atoms with E-state index in [9.17, 15) is 9.18 Å². The fourth-order valence-electron chi connectivity index (χ4n) is 3.68. The van der Waals surface area contributed by atoms with Gasteiger partial charge in [-0.2, -0.15) is 0 Å². The van der Waals surface area contributed by atoms with Crippen LogP contribution in [0.1, 0.15) is 53.9 Å². The normalized spacial score (nSPS) is 14.9.